The lowest BCUT2D eigenvalue weighted by molar-refractivity contribution is 0.475. The molecule has 0 saturated carbocycles. The zero-order chi connectivity index (χ0) is 18.5. The van der Waals surface area contributed by atoms with Crippen LogP contribution in [0.5, 0.6) is 5.75 Å². The number of anilines is 3. The number of phenols is 1. The molecule has 128 valence electrons. The number of rotatable bonds is 4. The minimum atomic E-state index is -0.0407. The van der Waals surface area contributed by atoms with Gasteiger partial charge in [-0.05, 0) is 35.9 Å². The Hall–Kier alpha value is -3.63. The molecule has 0 unspecified atom stereocenters. The van der Waals surface area contributed by atoms with E-state index in [0.29, 0.717) is 5.56 Å². The summed E-state index contributed by atoms with van der Waals surface area (Å²) >= 11 is 5.89. The predicted molar refractivity (Wildman–Crippen MR) is 101 cm³/mol. The molecule has 0 aliphatic carbocycles. The molecule has 0 amide bonds. The molecule has 4 N–H and O–H groups in total. The third kappa shape index (κ3) is 4.06. The Balaban J connectivity index is 1.97. The molecule has 26 heavy (non-hydrogen) atoms. The number of phenolic OH excluding ortho intramolecular Hbond substituents is 1. The molecule has 3 aromatic rings. The van der Waals surface area contributed by atoms with Gasteiger partial charge in [-0.15, -0.1) is 0 Å². The highest BCUT2D eigenvalue weighted by molar-refractivity contribution is 6.32. The van der Waals surface area contributed by atoms with Crippen molar-refractivity contribution in [1.29, 1.82) is 5.26 Å². The molecule has 0 aliphatic rings. The maximum Gasteiger partial charge on any atom is 0.232 e. The first-order valence-electron chi connectivity index (χ1n) is 7.49. The van der Waals surface area contributed by atoms with Crippen LogP contribution in [0.4, 0.5) is 17.6 Å². The van der Waals surface area contributed by atoms with E-state index in [2.05, 4.69) is 20.3 Å². The summed E-state index contributed by atoms with van der Waals surface area (Å²) < 4.78 is 0. The van der Waals surface area contributed by atoms with Crippen molar-refractivity contribution >= 4 is 40.8 Å². The lowest BCUT2D eigenvalue weighted by atomic mass is 10.1. The fourth-order valence-electron chi connectivity index (χ4n) is 2.15. The second-order valence-corrected chi connectivity index (χ2v) is 5.62. The lowest BCUT2D eigenvalue weighted by Crippen LogP contribution is -2.06. The number of nitrogens with zero attached hydrogens (tertiary/aromatic N) is 4. The van der Waals surface area contributed by atoms with Crippen molar-refractivity contribution < 1.29 is 5.11 Å². The molecule has 8 heteroatoms. The highest BCUT2D eigenvalue weighted by Crippen LogP contribution is 2.26. The molecular formula is C18H13ClN6O. The average Bonchev–Trinajstić information content (AvgIpc) is 2.63. The monoisotopic (exact) mass is 364 g/mol. The maximum atomic E-state index is 9.49. The highest BCUT2D eigenvalue weighted by atomic mass is 35.5. The second-order valence-electron chi connectivity index (χ2n) is 5.21. The summed E-state index contributed by atoms with van der Waals surface area (Å²) in [5.74, 6) is 0.297. The van der Waals surface area contributed by atoms with Gasteiger partial charge < -0.3 is 16.2 Å². The summed E-state index contributed by atoms with van der Waals surface area (Å²) in [5, 5.41) is 22.2. The van der Waals surface area contributed by atoms with Gasteiger partial charge in [-0.3, -0.25) is 0 Å². The standard InChI is InChI=1S/C18H13ClN6O/c19-14-9-11(6-7-15(14)26)8-12(10-20)16-23-17(21)25-18(24-16)22-13-4-2-1-3-5-13/h1-9,26H,(H3,21,22,23,24,25). The molecule has 0 fully saturated rings. The van der Waals surface area contributed by atoms with Crippen LogP contribution < -0.4 is 11.1 Å². The first kappa shape index (κ1) is 17.2. The quantitative estimate of drug-likeness (QED) is 0.604. The van der Waals surface area contributed by atoms with Crippen molar-refractivity contribution in [3.05, 3.63) is 64.9 Å². The van der Waals surface area contributed by atoms with E-state index in [0.717, 1.165) is 5.69 Å². The Bertz CT molecular complexity index is 1010. The largest absolute Gasteiger partial charge is 0.506 e. The number of nitrogen functional groups attached to an aromatic ring is 1. The lowest BCUT2D eigenvalue weighted by Gasteiger charge is -2.07. The van der Waals surface area contributed by atoms with E-state index in [4.69, 9.17) is 17.3 Å². The summed E-state index contributed by atoms with van der Waals surface area (Å²) in [6.45, 7) is 0. The van der Waals surface area contributed by atoms with E-state index < -0.39 is 0 Å². The van der Waals surface area contributed by atoms with E-state index >= 15 is 0 Å². The van der Waals surface area contributed by atoms with Crippen molar-refractivity contribution in [3.63, 3.8) is 0 Å². The van der Waals surface area contributed by atoms with Crippen LogP contribution in [0.15, 0.2) is 48.5 Å². The van der Waals surface area contributed by atoms with Gasteiger partial charge in [-0.25, -0.2) is 0 Å². The number of benzene rings is 2. The Labute approximate surface area is 154 Å². The van der Waals surface area contributed by atoms with E-state index in [-0.39, 0.29) is 34.1 Å². The van der Waals surface area contributed by atoms with Gasteiger partial charge in [0.15, 0.2) is 5.82 Å². The van der Waals surface area contributed by atoms with Crippen LogP contribution in [0.1, 0.15) is 11.4 Å². The van der Waals surface area contributed by atoms with Crippen molar-refractivity contribution in [3.8, 4) is 11.8 Å². The van der Waals surface area contributed by atoms with E-state index in [1.54, 1.807) is 12.1 Å². The Morgan fingerprint density at radius 2 is 1.92 bits per heavy atom. The van der Waals surface area contributed by atoms with E-state index in [1.807, 2.05) is 36.4 Å². The van der Waals surface area contributed by atoms with Crippen LogP contribution in [0.3, 0.4) is 0 Å². The molecule has 0 saturated heterocycles. The molecule has 7 nitrogen and oxygen atoms in total. The first-order chi connectivity index (χ1) is 12.5. The van der Waals surface area contributed by atoms with Gasteiger partial charge in [0.05, 0.1) is 10.6 Å². The van der Waals surface area contributed by atoms with Gasteiger partial charge in [-0.1, -0.05) is 35.9 Å². The van der Waals surface area contributed by atoms with Crippen molar-refractivity contribution in [2.75, 3.05) is 11.1 Å². The van der Waals surface area contributed by atoms with Crippen LogP contribution in [0, 0.1) is 11.3 Å². The predicted octanol–water partition coefficient (Wildman–Crippen LogP) is 3.62. The fraction of sp³-hybridized carbons (Fsp3) is 0. The van der Waals surface area contributed by atoms with Crippen molar-refractivity contribution in [2.24, 2.45) is 0 Å². The number of nitrogens with one attached hydrogen (secondary N) is 1. The highest BCUT2D eigenvalue weighted by Gasteiger charge is 2.10. The maximum absolute atomic E-state index is 9.49. The summed E-state index contributed by atoms with van der Waals surface area (Å²) in [6, 6.07) is 15.9. The number of halogens is 1. The molecule has 1 heterocycles. The van der Waals surface area contributed by atoms with Gasteiger partial charge in [0.2, 0.25) is 11.9 Å². The Morgan fingerprint density at radius 1 is 1.15 bits per heavy atom. The summed E-state index contributed by atoms with van der Waals surface area (Å²) in [4.78, 5) is 12.3. The summed E-state index contributed by atoms with van der Waals surface area (Å²) in [6.07, 6.45) is 1.55. The first-order valence-corrected chi connectivity index (χ1v) is 7.87. The van der Waals surface area contributed by atoms with Crippen molar-refractivity contribution in [1.82, 2.24) is 15.0 Å². The number of allylic oxidation sites excluding steroid dienone is 1. The smallest absolute Gasteiger partial charge is 0.232 e. The zero-order valence-electron chi connectivity index (χ0n) is 13.4. The molecule has 0 radical (unpaired) electrons. The Kier molecular flexibility index (Phi) is 4.97. The number of nitrogens with two attached hydrogens (primary N) is 1. The third-order valence-electron chi connectivity index (χ3n) is 3.33. The second kappa shape index (κ2) is 7.51. The molecule has 0 aliphatic heterocycles. The molecule has 3 rings (SSSR count). The minimum Gasteiger partial charge on any atom is -0.506 e. The number of aromatic hydroxyl groups is 1. The summed E-state index contributed by atoms with van der Waals surface area (Å²) in [5.41, 5.74) is 7.31. The summed E-state index contributed by atoms with van der Waals surface area (Å²) in [7, 11) is 0. The zero-order valence-corrected chi connectivity index (χ0v) is 14.1. The average molecular weight is 365 g/mol. The van der Waals surface area contributed by atoms with Gasteiger partial charge in [0, 0.05) is 5.69 Å². The number of para-hydroxylation sites is 1. The molecule has 1 aromatic heterocycles. The van der Waals surface area contributed by atoms with Crippen molar-refractivity contribution in [2.45, 2.75) is 0 Å². The molecule has 2 aromatic carbocycles. The van der Waals surface area contributed by atoms with Crippen LogP contribution in [-0.4, -0.2) is 20.1 Å². The van der Waals surface area contributed by atoms with Crippen LogP contribution >= 0.6 is 11.6 Å². The topological polar surface area (TPSA) is 121 Å². The number of hydrogen-bond donors (Lipinski definition) is 3. The minimum absolute atomic E-state index is 0.0154. The molecule has 0 atom stereocenters. The van der Waals surface area contributed by atoms with Gasteiger partial charge in [0.25, 0.3) is 0 Å². The van der Waals surface area contributed by atoms with Gasteiger partial charge in [0.1, 0.15) is 11.8 Å². The SMILES string of the molecule is N#CC(=Cc1ccc(O)c(Cl)c1)c1nc(N)nc(Nc2ccccc2)n1. The number of aromatic nitrogens is 3. The third-order valence-corrected chi connectivity index (χ3v) is 3.63. The van der Waals surface area contributed by atoms with Gasteiger partial charge in [-0.2, -0.15) is 20.2 Å². The van der Waals surface area contributed by atoms with E-state index in [9.17, 15) is 10.4 Å². The van der Waals surface area contributed by atoms with Crippen LogP contribution in [-0.2, 0) is 0 Å². The van der Waals surface area contributed by atoms with Crippen LogP contribution in [0.2, 0.25) is 5.02 Å². The fourth-order valence-corrected chi connectivity index (χ4v) is 2.33. The molecular weight excluding hydrogens is 352 g/mol. The number of hydrogen-bond acceptors (Lipinski definition) is 7. The Morgan fingerprint density at radius 3 is 2.62 bits per heavy atom. The number of nitriles is 1. The normalized spacial score (nSPS) is 11.0. The molecule has 0 spiro atoms. The molecule has 0 bridgehead atoms. The van der Waals surface area contributed by atoms with E-state index in [1.165, 1.54) is 12.1 Å². The van der Waals surface area contributed by atoms with Crippen LogP contribution in [0.25, 0.3) is 11.6 Å². The van der Waals surface area contributed by atoms with Gasteiger partial charge >= 0.3 is 0 Å².